The Bertz CT molecular complexity index is 795. The topological polar surface area (TPSA) is 81.8 Å². The second-order valence-corrected chi connectivity index (χ2v) is 7.51. The van der Waals surface area contributed by atoms with E-state index in [1.807, 2.05) is 0 Å². The number of likely N-dealkylation sites (N-methyl/N-ethyl adjacent to an activating group) is 1. The van der Waals surface area contributed by atoms with Gasteiger partial charge in [-0.3, -0.25) is 19.9 Å². The van der Waals surface area contributed by atoms with Crippen molar-refractivity contribution in [1.29, 1.82) is 0 Å². The molecule has 9 heteroatoms. The number of hydrazine groups is 1. The van der Waals surface area contributed by atoms with E-state index in [-0.39, 0.29) is 12.6 Å². The number of nitrogens with one attached hydrogen (secondary N) is 2. The second-order valence-electron chi connectivity index (χ2n) is 7.51. The fourth-order valence-electron chi connectivity index (χ4n) is 3.77. The maximum atomic E-state index is 13.4. The average molecular weight is 394 g/mol. The molecule has 1 aromatic carbocycles. The maximum absolute atomic E-state index is 13.4. The molecule has 3 rings (SSSR count). The van der Waals surface area contributed by atoms with Gasteiger partial charge in [0.15, 0.2) is 11.6 Å². The Kier molecular flexibility index (Phi) is 5.64. The van der Waals surface area contributed by atoms with E-state index in [0.717, 1.165) is 36.4 Å². The average Bonchev–Trinajstić information content (AvgIpc) is 2.88. The van der Waals surface area contributed by atoms with E-state index in [2.05, 4.69) is 10.7 Å². The van der Waals surface area contributed by atoms with Gasteiger partial charge in [-0.05, 0) is 44.5 Å². The number of benzene rings is 1. The van der Waals surface area contributed by atoms with Crippen LogP contribution in [0.3, 0.4) is 0 Å². The van der Waals surface area contributed by atoms with Crippen LogP contribution < -0.4 is 10.7 Å². The first-order valence-electron chi connectivity index (χ1n) is 9.35. The lowest BCUT2D eigenvalue weighted by atomic mass is 9.82. The largest absolute Gasteiger partial charge is 0.344 e. The van der Waals surface area contributed by atoms with Crippen LogP contribution in [0.4, 0.5) is 13.6 Å². The Morgan fingerprint density at radius 3 is 2.57 bits per heavy atom. The number of carbonyl (C=O) groups excluding carboxylic acids is 3. The molecule has 1 atom stereocenters. The Morgan fingerprint density at radius 2 is 1.93 bits per heavy atom. The fraction of sp³-hybridized carbons (Fsp3) is 0.526. The van der Waals surface area contributed by atoms with Crippen LogP contribution in [0.25, 0.3) is 0 Å². The van der Waals surface area contributed by atoms with Crippen LogP contribution in [-0.2, 0) is 9.59 Å². The first-order chi connectivity index (χ1) is 13.2. The van der Waals surface area contributed by atoms with Gasteiger partial charge in [0, 0.05) is 6.04 Å². The third-order valence-electron chi connectivity index (χ3n) is 5.59. The molecule has 1 aliphatic carbocycles. The quantitative estimate of drug-likeness (QED) is 0.751. The summed E-state index contributed by atoms with van der Waals surface area (Å²) in [5.41, 5.74) is 1.96. The van der Waals surface area contributed by atoms with Crippen molar-refractivity contribution in [3.8, 4) is 0 Å². The normalized spacial score (nSPS) is 19.8. The van der Waals surface area contributed by atoms with Crippen molar-refractivity contribution in [3.05, 3.63) is 35.4 Å². The Hall–Kier alpha value is -2.55. The standard InChI is InChI=1S/C19H24F2N4O3/c1-12(13-6-7-14(20)15(21)10-13)24(2)11-16(26)23-25-17(27)19(22-18(25)28)8-4-3-5-9-19/h6-7,10,12H,3-5,8-9,11H2,1-2H3,(H,22,28)(H,23,26)/t12-/m1/s1. The van der Waals surface area contributed by atoms with Gasteiger partial charge in [0.05, 0.1) is 6.54 Å². The SMILES string of the molecule is C[C@H](c1ccc(F)c(F)c1)N(C)CC(=O)NN1C(=O)NC2(CCCCC2)C1=O. The molecule has 1 saturated heterocycles. The predicted molar refractivity (Wildman–Crippen MR) is 96.7 cm³/mol. The lowest BCUT2D eigenvalue weighted by molar-refractivity contribution is -0.140. The van der Waals surface area contributed by atoms with Crippen molar-refractivity contribution in [2.24, 2.45) is 0 Å². The molecule has 0 bridgehead atoms. The van der Waals surface area contributed by atoms with Crippen LogP contribution in [0.15, 0.2) is 18.2 Å². The molecule has 1 aromatic rings. The van der Waals surface area contributed by atoms with Crippen LogP contribution in [-0.4, -0.2) is 46.9 Å². The maximum Gasteiger partial charge on any atom is 0.344 e. The van der Waals surface area contributed by atoms with E-state index in [0.29, 0.717) is 18.4 Å². The highest BCUT2D eigenvalue weighted by Gasteiger charge is 2.52. The number of nitrogens with zero attached hydrogens (tertiary/aromatic N) is 2. The number of hydrogen-bond acceptors (Lipinski definition) is 4. The molecule has 1 heterocycles. The van der Waals surface area contributed by atoms with Gasteiger partial charge in [0.2, 0.25) is 0 Å². The molecule has 152 valence electrons. The monoisotopic (exact) mass is 394 g/mol. The minimum absolute atomic E-state index is 0.135. The highest BCUT2D eigenvalue weighted by molar-refractivity contribution is 6.08. The van der Waals surface area contributed by atoms with Gasteiger partial charge < -0.3 is 5.32 Å². The van der Waals surface area contributed by atoms with E-state index in [1.165, 1.54) is 6.07 Å². The van der Waals surface area contributed by atoms with Crippen molar-refractivity contribution in [3.63, 3.8) is 0 Å². The molecule has 2 aliphatic rings. The minimum atomic E-state index is -0.959. The summed E-state index contributed by atoms with van der Waals surface area (Å²) in [5.74, 6) is -2.87. The Labute approximate surface area is 162 Å². The third kappa shape index (κ3) is 3.84. The van der Waals surface area contributed by atoms with Crippen molar-refractivity contribution in [2.75, 3.05) is 13.6 Å². The summed E-state index contributed by atoms with van der Waals surface area (Å²) < 4.78 is 26.5. The van der Waals surface area contributed by atoms with E-state index >= 15 is 0 Å². The molecule has 1 aliphatic heterocycles. The minimum Gasteiger partial charge on any atom is -0.322 e. The number of imide groups is 1. The van der Waals surface area contributed by atoms with Gasteiger partial charge in [-0.15, -0.1) is 0 Å². The summed E-state index contributed by atoms with van der Waals surface area (Å²) in [6, 6.07) is 2.55. The lowest BCUT2D eigenvalue weighted by Crippen LogP contribution is -2.52. The zero-order chi connectivity index (χ0) is 20.5. The van der Waals surface area contributed by atoms with Crippen molar-refractivity contribution >= 4 is 17.8 Å². The Balaban J connectivity index is 1.60. The summed E-state index contributed by atoms with van der Waals surface area (Å²) in [6.45, 7) is 1.61. The predicted octanol–water partition coefficient (Wildman–Crippen LogP) is 2.24. The zero-order valence-electron chi connectivity index (χ0n) is 15.9. The molecule has 0 aromatic heterocycles. The van der Waals surface area contributed by atoms with Crippen LogP contribution >= 0.6 is 0 Å². The summed E-state index contributed by atoms with van der Waals surface area (Å²) in [4.78, 5) is 38.8. The molecule has 0 unspecified atom stereocenters. The molecule has 1 spiro atoms. The smallest absolute Gasteiger partial charge is 0.322 e. The van der Waals surface area contributed by atoms with Gasteiger partial charge in [-0.25, -0.2) is 13.6 Å². The van der Waals surface area contributed by atoms with Crippen LogP contribution in [0.5, 0.6) is 0 Å². The third-order valence-corrected chi connectivity index (χ3v) is 5.59. The number of carbonyl (C=O) groups is 3. The van der Waals surface area contributed by atoms with Gasteiger partial charge in [0.25, 0.3) is 11.8 Å². The number of amides is 4. The molecule has 7 nitrogen and oxygen atoms in total. The van der Waals surface area contributed by atoms with Crippen molar-refractivity contribution in [2.45, 2.75) is 50.6 Å². The van der Waals surface area contributed by atoms with E-state index < -0.39 is 35.0 Å². The number of urea groups is 1. The van der Waals surface area contributed by atoms with Gasteiger partial charge in [0.1, 0.15) is 5.54 Å². The molecular formula is C19H24F2N4O3. The van der Waals surface area contributed by atoms with Gasteiger partial charge >= 0.3 is 6.03 Å². The van der Waals surface area contributed by atoms with E-state index in [4.69, 9.17) is 0 Å². The van der Waals surface area contributed by atoms with Crippen LogP contribution in [0, 0.1) is 11.6 Å². The molecular weight excluding hydrogens is 370 g/mol. The molecule has 2 N–H and O–H groups in total. The first kappa shape index (κ1) is 20.2. The highest BCUT2D eigenvalue weighted by Crippen LogP contribution is 2.33. The summed E-state index contributed by atoms with van der Waals surface area (Å²) >= 11 is 0. The van der Waals surface area contributed by atoms with Gasteiger partial charge in [-0.1, -0.05) is 25.3 Å². The molecule has 4 amide bonds. The first-order valence-corrected chi connectivity index (χ1v) is 9.35. The van der Waals surface area contributed by atoms with E-state index in [9.17, 15) is 23.2 Å². The number of rotatable bonds is 5. The lowest BCUT2D eigenvalue weighted by Gasteiger charge is -2.30. The molecule has 1 saturated carbocycles. The fourth-order valence-corrected chi connectivity index (χ4v) is 3.77. The van der Waals surface area contributed by atoms with Crippen molar-refractivity contribution in [1.82, 2.24) is 20.7 Å². The van der Waals surface area contributed by atoms with Crippen LogP contribution in [0.2, 0.25) is 0 Å². The van der Waals surface area contributed by atoms with Crippen LogP contribution in [0.1, 0.15) is 50.6 Å². The molecule has 28 heavy (non-hydrogen) atoms. The zero-order valence-corrected chi connectivity index (χ0v) is 15.9. The molecule has 0 radical (unpaired) electrons. The van der Waals surface area contributed by atoms with E-state index in [1.54, 1.807) is 18.9 Å². The highest BCUT2D eigenvalue weighted by atomic mass is 19.2. The van der Waals surface area contributed by atoms with Crippen molar-refractivity contribution < 1.29 is 23.2 Å². The summed E-state index contributed by atoms with van der Waals surface area (Å²) in [5, 5.41) is 3.47. The molecule has 2 fully saturated rings. The second kappa shape index (κ2) is 7.83. The summed E-state index contributed by atoms with van der Waals surface area (Å²) in [6.07, 6.45) is 3.85. The number of halogens is 2. The number of hydrogen-bond donors (Lipinski definition) is 2. The Morgan fingerprint density at radius 1 is 1.25 bits per heavy atom. The van der Waals surface area contributed by atoms with Gasteiger partial charge in [-0.2, -0.15) is 5.01 Å². The summed E-state index contributed by atoms with van der Waals surface area (Å²) in [7, 11) is 1.64.